The highest BCUT2D eigenvalue weighted by Gasteiger charge is 2.27. The van der Waals surface area contributed by atoms with Gasteiger partial charge in [-0.15, -0.1) is 24.0 Å². The van der Waals surface area contributed by atoms with Crippen LogP contribution in [0.3, 0.4) is 0 Å². The molecule has 29 heavy (non-hydrogen) atoms. The maximum atomic E-state index is 12.1. The molecule has 1 N–H and O–H groups in total. The molecule has 1 rings (SSSR count). The van der Waals surface area contributed by atoms with Crippen molar-refractivity contribution in [2.45, 2.75) is 53.1 Å². The van der Waals surface area contributed by atoms with Crippen LogP contribution in [0.2, 0.25) is 0 Å². The average molecular weight is 526 g/mol. The molecule has 1 heterocycles. The van der Waals surface area contributed by atoms with Crippen LogP contribution in [0.25, 0.3) is 0 Å². The maximum Gasteiger partial charge on any atom is 0.410 e. The largest absolute Gasteiger partial charge is 0.469 e. The third-order valence-electron chi connectivity index (χ3n) is 4.51. The lowest BCUT2D eigenvalue weighted by molar-refractivity contribution is -0.146. The van der Waals surface area contributed by atoms with Gasteiger partial charge in [-0.2, -0.15) is 0 Å². The summed E-state index contributed by atoms with van der Waals surface area (Å²) in [5, 5.41) is 3.33. The van der Waals surface area contributed by atoms with Gasteiger partial charge < -0.3 is 24.6 Å². The molecular weight excluding hydrogens is 487 g/mol. The Morgan fingerprint density at radius 2 is 1.86 bits per heavy atom. The fraction of sp³-hybridized carbons (Fsp3) is 0.850. The van der Waals surface area contributed by atoms with Crippen molar-refractivity contribution >= 4 is 42.0 Å². The van der Waals surface area contributed by atoms with Crippen LogP contribution >= 0.6 is 24.0 Å². The second-order valence-corrected chi connectivity index (χ2v) is 8.45. The molecule has 1 unspecified atom stereocenters. The standard InChI is InChI=1S/C20H38N4O4.HI/c1-8-21-18(24-11-9-16(10-12-24)17(25)27-7)22-13-15(2)14-23(6)19(26)28-20(3,4)5;/h15-16H,8-14H2,1-7H3,(H,21,22);1H. The number of carbonyl (C=O) groups excluding carboxylic acids is 2. The van der Waals surface area contributed by atoms with E-state index in [4.69, 9.17) is 14.5 Å². The molecule has 0 aromatic heterocycles. The minimum atomic E-state index is -0.499. The van der Waals surface area contributed by atoms with Crippen LogP contribution in [0, 0.1) is 11.8 Å². The number of ether oxygens (including phenoxy) is 2. The number of rotatable bonds is 6. The summed E-state index contributed by atoms with van der Waals surface area (Å²) in [4.78, 5) is 32.3. The average Bonchev–Trinajstić information content (AvgIpc) is 2.63. The summed E-state index contributed by atoms with van der Waals surface area (Å²) < 4.78 is 10.2. The van der Waals surface area contributed by atoms with E-state index >= 15 is 0 Å². The number of piperidine rings is 1. The van der Waals surface area contributed by atoms with Gasteiger partial charge in [0.15, 0.2) is 5.96 Å². The molecule has 0 spiro atoms. The van der Waals surface area contributed by atoms with Crippen molar-refractivity contribution in [3.8, 4) is 0 Å². The second kappa shape index (κ2) is 13.1. The van der Waals surface area contributed by atoms with Crippen molar-refractivity contribution in [1.82, 2.24) is 15.1 Å². The third-order valence-corrected chi connectivity index (χ3v) is 4.51. The van der Waals surface area contributed by atoms with Crippen LogP contribution in [-0.4, -0.2) is 80.3 Å². The Kier molecular flexibility index (Phi) is 12.6. The van der Waals surface area contributed by atoms with Crippen LogP contribution in [0.4, 0.5) is 4.79 Å². The van der Waals surface area contributed by atoms with Crippen molar-refractivity contribution in [3.63, 3.8) is 0 Å². The normalized spacial score (nSPS) is 16.5. The van der Waals surface area contributed by atoms with E-state index < -0.39 is 5.60 Å². The zero-order valence-corrected chi connectivity index (χ0v) is 21.3. The predicted octanol–water partition coefficient (Wildman–Crippen LogP) is 2.96. The molecule has 0 aromatic rings. The molecule has 1 aliphatic heterocycles. The van der Waals surface area contributed by atoms with Crippen LogP contribution in [-0.2, 0) is 14.3 Å². The molecule has 9 heteroatoms. The fourth-order valence-electron chi connectivity index (χ4n) is 3.10. The highest BCUT2D eigenvalue weighted by Crippen LogP contribution is 2.18. The van der Waals surface area contributed by atoms with Crippen molar-refractivity contribution in [1.29, 1.82) is 0 Å². The first kappa shape index (κ1) is 27.7. The number of likely N-dealkylation sites (tertiary alicyclic amines) is 1. The van der Waals surface area contributed by atoms with Gasteiger partial charge in [0.05, 0.1) is 13.0 Å². The molecule has 1 saturated heterocycles. The number of nitrogens with zero attached hydrogens (tertiary/aromatic N) is 3. The van der Waals surface area contributed by atoms with Crippen LogP contribution in [0.15, 0.2) is 4.99 Å². The second-order valence-electron chi connectivity index (χ2n) is 8.45. The Balaban J connectivity index is 0.00000784. The van der Waals surface area contributed by atoms with E-state index in [1.807, 2.05) is 27.7 Å². The van der Waals surface area contributed by atoms with Gasteiger partial charge in [0.2, 0.25) is 0 Å². The van der Waals surface area contributed by atoms with E-state index in [1.54, 1.807) is 11.9 Å². The first-order chi connectivity index (χ1) is 13.1. The van der Waals surface area contributed by atoms with Gasteiger partial charge in [0.25, 0.3) is 0 Å². The van der Waals surface area contributed by atoms with Crippen molar-refractivity contribution in [3.05, 3.63) is 0 Å². The molecule has 0 aliphatic carbocycles. The number of hydrogen-bond donors (Lipinski definition) is 1. The number of methoxy groups -OCH3 is 1. The molecule has 8 nitrogen and oxygen atoms in total. The van der Waals surface area contributed by atoms with E-state index in [-0.39, 0.29) is 47.9 Å². The Bertz CT molecular complexity index is 543. The summed E-state index contributed by atoms with van der Waals surface area (Å²) in [6, 6.07) is 0. The molecule has 1 amide bonds. The molecule has 0 saturated carbocycles. The van der Waals surface area contributed by atoms with Gasteiger partial charge in [-0.25, -0.2) is 4.79 Å². The fourth-order valence-corrected chi connectivity index (χ4v) is 3.10. The summed E-state index contributed by atoms with van der Waals surface area (Å²) in [6.45, 7) is 13.2. The molecule has 0 aromatic carbocycles. The minimum Gasteiger partial charge on any atom is -0.469 e. The van der Waals surface area contributed by atoms with Crippen LogP contribution in [0.5, 0.6) is 0 Å². The predicted molar refractivity (Wildman–Crippen MR) is 126 cm³/mol. The van der Waals surface area contributed by atoms with E-state index in [0.29, 0.717) is 13.1 Å². The number of aliphatic imine (C=N–C) groups is 1. The summed E-state index contributed by atoms with van der Waals surface area (Å²) in [6.07, 6.45) is 1.22. The lowest BCUT2D eigenvalue weighted by Crippen LogP contribution is -2.47. The highest BCUT2D eigenvalue weighted by atomic mass is 127. The number of amides is 1. The Labute approximate surface area is 192 Å². The molecular formula is C20H39IN4O4. The molecule has 1 fully saturated rings. The lowest BCUT2D eigenvalue weighted by Gasteiger charge is -2.33. The minimum absolute atomic E-state index is 0. The third kappa shape index (κ3) is 10.4. The van der Waals surface area contributed by atoms with Gasteiger partial charge in [0, 0.05) is 39.8 Å². The quantitative estimate of drug-likeness (QED) is 0.248. The van der Waals surface area contributed by atoms with Crippen LogP contribution in [0.1, 0.15) is 47.5 Å². The molecule has 170 valence electrons. The number of guanidine groups is 1. The summed E-state index contributed by atoms with van der Waals surface area (Å²) in [5.74, 6) is 0.905. The van der Waals surface area contributed by atoms with Crippen molar-refractivity contribution in [2.24, 2.45) is 16.8 Å². The number of halogens is 1. The smallest absolute Gasteiger partial charge is 0.410 e. The lowest BCUT2D eigenvalue weighted by atomic mass is 9.97. The first-order valence-electron chi connectivity index (χ1n) is 10.1. The van der Waals surface area contributed by atoms with Gasteiger partial charge in [0.1, 0.15) is 5.60 Å². The Morgan fingerprint density at radius 3 is 2.34 bits per heavy atom. The van der Waals surface area contributed by atoms with Crippen molar-refractivity contribution < 1.29 is 19.1 Å². The number of hydrogen-bond acceptors (Lipinski definition) is 5. The Hall–Kier alpha value is -1.26. The molecule has 1 atom stereocenters. The van der Waals surface area contributed by atoms with Gasteiger partial charge in [-0.1, -0.05) is 6.92 Å². The van der Waals surface area contributed by atoms with Gasteiger partial charge in [-0.3, -0.25) is 9.79 Å². The van der Waals surface area contributed by atoms with E-state index in [1.165, 1.54) is 7.11 Å². The molecule has 0 bridgehead atoms. The monoisotopic (exact) mass is 526 g/mol. The Morgan fingerprint density at radius 1 is 1.28 bits per heavy atom. The maximum absolute atomic E-state index is 12.1. The molecule has 0 radical (unpaired) electrons. The summed E-state index contributed by atoms with van der Waals surface area (Å²) in [7, 11) is 3.19. The zero-order valence-electron chi connectivity index (χ0n) is 19.0. The van der Waals surface area contributed by atoms with E-state index in [0.717, 1.165) is 38.4 Å². The van der Waals surface area contributed by atoms with Crippen molar-refractivity contribution in [2.75, 3.05) is 46.9 Å². The first-order valence-corrected chi connectivity index (χ1v) is 10.1. The summed E-state index contributed by atoms with van der Waals surface area (Å²) >= 11 is 0. The van der Waals surface area contributed by atoms with Gasteiger partial charge >= 0.3 is 12.1 Å². The number of carbonyl (C=O) groups is 2. The van der Waals surface area contributed by atoms with E-state index in [2.05, 4.69) is 17.1 Å². The van der Waals surface area contributed by atoms with E-state index in [9.17, 15) is 9.59 Å². The summed E-state index contributed by atoms with van der Waals surface area (Å²) in [5.41, 5.74) is -0.499. The van der Waals surface area contributed by atoms with Crippen LogP contribution < -0.4 is 5.32 Å². The number of esters is 1. The highest BCUT2D eigenvalue weighted by molar-refractivity contribution is 14.0. The topological polar surface area (TPSA) is 83.5 Å². The van der Waals surface area contributed by atoms with Gasteiger partial charge in [-0.05, 0) is 46.5 Å². The number of nitrogens with one attached hydrogen (secondary N) is 1. The SMILES string of the molecule is CCNC(=NCC(C)CN(C)C(=O)OC(C)(C)C)N1CCC(C(=O)OC)CC1.I. The molecule has 1 aliphatic rings. The zero-order chi connectivity index (χ0) is 21.3.